The predicted molar refractivity (Wildman–Crippen MR) is 177 cm³/mol. The van der Waals surface area contributed by atoms with Crippen LogP contribution in [-0.4, -0.2) is 31.6 Å². The molecule has 0 unspecified atom stereocenters. The molecular formula is C33H56N4OS2. The van der Waals surface area contributed by atoms with Gasteiger partial charge in [-0.15, -0.1) is 0 Å². The van der Waals surface area contributed by atoms with E-state index in [1.165, 1.54) is 77.0 Å². The summed E-state index contributed by atoms with van der Waals surface area (Å²) in [6.45, 7) is 17.6. The van der Waals surface area contributed by atoms with Crippen LogP contribution in [-0.2, 0) is 10.8 Å². The second-order valence-corrected chi connectivity index (χ2v) is 15.1. The van der Waals surface area contributed by atoms with Gasteiger partial charge in [0, 0.05) is 22.8 Å². The number of phenolic OH excluding ortho intramolecular Hbond substituents is 1. The van der Waals surface area contributed by atoms with E-state index in [0.717, 1.165) is 38.6 Å². The van der Waals surface area contributed by atoms with Crippen LogP contribution in [0.3, 0.4) is 0 Å². The number of nitrogens with zero attached hydrogens (tertiary/aromatic N) is 3. The van der Waals surface area contributed by atoms with Gasteiger partial charge in [-0.25, -0.2) is 0 Å². The Hall–Kier alpha value is -1.47. The Morgan fingerprint density at radius 3 is 1.52 bits per heavy atom. The molecule has 0 saturated heterocycles. The summed E-state index contributed by atoms with van der Waals surface area (Å²) >= 11 is 3.48. The highest BCUT2D eigenvalue weighted by Gasteiger charge is 2.31. The van der Waals surface area contributed by atoms with Crippen molar-refractivity contribution in [3.8, 4) is 5.75 Å². The maximum Gasteiger partial charge on any atom is 0.232 e. The summed E-state index contributed by atoms with van der Waals surface area (Å²) in [5, 5.41) is 16.0. The van der Waals surface area contributed by atoms with Gasteiger partial charge in [0.05, 0.1) is 0 Å². The topological polar surface area (TPSA) is 70.9 Å². The van der Waals surface area contributed by atoms with Crippen molar-refractivity contribution in [3.63, 3.8) is 0 Å². The van der Waals surface area contributed by atoms with Crippen LogP contribution in [0.2, 0.25) is 0 Å². The van der Waals surface area contributed by atoms with Crippen molar-refractivity contribution in [3.05, 3.63) is 23.3 Å². The fourth-order valence-electron chi connectivity index (χ4n) is 4.97. The average Bonchev–Trinajstić information content (AvgIpc) is 2.87. The standard InChI is InChI=1S/C33H56N4OS2/c1-9-11-13-15-17-19-23-39-30-35-29(36-31(37-30)40-24-20-18-16-14-12-10-2)34-25-21-22-26(38)28(33(6,7)8)27(25)32(3,4)5/h21-22,38H,9-20,23-24H2,1-8H3,(H,34,35,36,37). The zero-order chi connectivity index (χ0) is 29.6. The van der Waals surface area contributed by atoms with Crippen LogP contribution in [0.4, 0.5) is 11.6 Å². The smallest absolute Gasteiger partial charge is 0.232 e. The number of hydrogen-bond donors (Lipinski definition) is 2. The number of phenols is 1. The monoisotopic (exact) mass is 588 g/mol. The normalized spacial score (nSPS) is 12.2. The fourth-order valence-corrected chi connectivity index (χ4v) is 6.69. The first-order valence-corrected chi connectivity index (χ1v) is 17.6. The van der Waals surface area contributed by atoms with Crippen LogP contribution in [0.1, 0.15) is 144 Å². The molecule has 1 aromatic carbocycles. The molecule has 1 aromatic heterocycles. The summed E-state index contributed by atoms with van der Waals surface area (Å²) in [5.41, 5.74) is 2.62. The van der Waals surface area contributed by atoms with Crippen LogP contribution in [0, 0.1) is 0 Å². The minimum Gasteiger partial charge on any atom is -0.508 e. The Kier molecular flexibility index (Phi) is 15.2. The van der Waals surface area contributed by atoms with Gasteiger partial charge in [0.2, 0.25) is 5.95 Å². The Morgan fingerprint density at radius 1 is 0.625 bits per heavy atom. The van der Waals surface area contributed by atoms with Crippen molar-refractivity contribution < 1.29 is 5.11 Å². The minimum atomic E-state index is -0.209. The van der Waals surface area contributed by atoms with E-state index in [1.807, 2.05) is 6.07 Å². The van der Waals surface area contributed by atoms with Gasteiger partial charge in [0.1, 0.15) is 5.75 Å². The van der Waals surface area contributed by atoms with Crippen molar-refractivity contribution in [1.29, 1.82) is 0 Å². The summed E-state index contributed by atoms with van der Waals surface area (Å²) < 4.78 is 0. The molecule has 2 aromatic rings. The van der Waals surface area contributed by atoms with Gasteiger partial charge in [-0.3, -0.25) is 0 Å². The SMILES string of the molecule is CCCCCCCCSc1nc(Nc2ccc(O)c(C(C)(C)C)c2C(C)(C)C)nc(SCCCCCCCC)n1. The van der Waals surface area contributed by atoms with E-state index in [2.05, 4.69) is 60.7 Å². The summed E-state index contributed by atoms with van der Waals surface area (Å²) in [5.74, 6) is 2.97. The minimum absolute atomic E-state index is 0.179. The number of nitrogens with one attached hydrogen (secondary N) is 1. The molecule has 0 atom stereocenters. The highest BCUT2D eigenvalue weighted by molar-refractivity contribution is 7.99. The average molecular weight is 589 g/mol. The lowest BCUT2D eigenvalue weighted by Crippen LogP contribution is -2.24. The zero-order valence-corrected chi connectivity index (χ0v) is 28.3. The first kappa shape index (κ1) is 34.7. The second-order valence-electron chi connectivity index (χ2n) is 13.0. The molecule has 2 N–H and O–H groups in total. The Morgan fingerprint density at radius 2 is 1.07 bits per heavy atom. The van der Waals surface area contributed by atoms with Crippen LogP contribution >= 0.6 is 23.5 Å². The number of unbranched alkanes of at least 4 members (excludes halogenated alkanes) is 10. The van der Waals surface area contributed by atoms with Crippen LogP contribution in [0.15, 0.2) is 22.4 Å². The summed E-state index contributed by atoms with van der Waals surface area (Å²) in [6, 6.07) is 3.75. The van der Waals surface area contributed by atoms with Gasteiger partial charge in [-0.05, 0) is 41.4 Å². The van der Waals surface area contributed by atoms with E-state index in [1.54, 1.807) is 29.6 Å². The maximum absolute atomic E-state index is 10.9. The van der Waals surface area contributed by atoms with E-state index in [-0.39, 0.29) is 10.8 Å². The van der Waals surface area contributed by atoms with Crippen LogP contribution in [0.5, 0.6) is 5.75 Å². The van der Waals surface area contributed by atoms with Gasteiger partial charge in [0.25, 0.3) is 0 Å². The lowest BCUT2D eigenvalue weighted by molar-refractivity contribution is 0.436. The maximum atomic E-state index is 10.9. The lowest BCUT2D eigenvalue weighted by Gasteiger charge is -2.33. The number of aromatic nitrogens is 3. The van der Waals surface area contributed by atoms with E-state index in [4.69, 9.17) is 15.0 Å². The van der Waals surface area contributed by atoms with Crippen LogP contribution < -0.4 is 5.32 Å². The Balaban J connectivity index is 2.25. The van der Waals surface area contributed by atoms with Gasteiger partial charge in [-0.2, -0.15) is 15.0 Å². The molecule has 2 rings (SSSR count). The van der Waals surface area contributed by atoms with E-state index in [9.17, 15) is 5.11 Å². The van der Waals surface area contributed by atoms with Crippen LogP contribution in [0.25, 0.3) is 0 Å². The summed E-state index contributed by atoms with van der Waals surface area (Å²) in [4.78, 5) is 14.5. The molecule has 0 aliphatic carbocycles. The highest BCUT2D eigenvalue weighted by atomic mass is 32.2. The number of anilines is 2. The Labute approximate surface area is 253 Å². The van der Waals surface area contributed by atoms with Crippen molar-refractivity contribution in [2.45, 2.75) is 154 Å². The fraction of sp³-hybridized carbons (Fsp3) is 0.727. The first-order valence-electron chi connectivity index (χ1n) is 15.6. The molecule has 0 saturated carbocycles. The quantitative estimate of drug-likeness (QED) is 0.102. The predicted octanol–water partition coefficient (Wildman–Crippen LogP) is 10.8. The molecule has 5 nitrogen and oxygen atoms in total. The van der Waals surface area contributed by atoms with Crippen molar-refractivity contribution in [2.75, 3.05) is 16.8 Å². The lowest BCUT2D eigenvalue weighted by atomic mass is 9.74. The zero-order valence-electron chi connectivity index (χ0n) is 26.7. The van der Waals surface area contributed by atoms with Gasteiger partial charge < -0.3 is 10.4 Å². The largest absolute Gasteiger partial charge is 0.508 e. The van der Waals surface area contributed by atoms with Crippen molar-refractivity contribution in [2.24, 2.45) is 0 Å². The molecule has 0 amide bonds. The Bertz CT molecular complexity index is 978. The molecule has 0 aliphatic rings. The number of aromatic hydroxyl groups is 1. The second kappa shape index (κ2) is 17.5. The molecule has 0 bridgehead atoms. The molecule has 40 heavy (non-hydrogen) atoms. The third kappa shape index (κ3) is 12.2. The molecule has 226 valence electrons. The molecule has 7 heteroatoms. The van der Waals surface area contributed by atoms with Crippen molar-refractivity contribution >= 4 is 35.2 Å². The number of hydrogen-bond acceptors (Lipinski definition) is 7. The first-order chi connectivity index (χ1) is 19.0. The molecule has 0 radical (unpaired) electrons. The third-order valence-electron chi connectivity index (χ3n) is 6.98. The molecule has 0 fully saturated rings. The van der Waals surface area contributed by atoms with Gasteiger partial charge in [-0.1, -0.05) is 143 Å². The molecule has 0 aliphatic heterocycles. The van der Waals surface area contributed by atoms with E-state index < -0.39 is 0 Å². The van der Waals surface area contributed by atoms with Gasteiger partial charge in [0.15, 0.2) is 10.3 Å². The molecular weight excluding hydrogens is 533 g/mol. The van der Waals surface area contributed by atoms with E-state index >= 15 is 0 Å². The summed E-state index contributed by atoms with van der Waals surface area (Å²) in [7, 11) is 0. The molecule has 0 spiro atoms. The van der Waals surface area contributed by atoms with Crippen molar-refractivity contribution in [1.82, 2.24) is 15.0 Å². The van der Waals surface area contributed by atoms with Gasteiger partial charge >= 0.3 is 0 Å². The molecule has 1 heterocycles. The third-order valence-corrected chi connectivity index (χ3v) is 8.85. The summed E-state index contributed by atoms with van der Waals surface area (Å²) in [6.07, 6.45) is 15.4. The van der Waals surface area contributed by atoms with E-state index in [0.29, 0.717) is 11.7 Å². The number of rotatable bonds is 18. The number of benzene rings is 1. The number of thioether (sulfide) groups is 2. The highest BCUT2D eigenvalue weighted by Crippen LogP contribution is 2.44.